The molecule has 0 radical (unpaired) electrons. The smallest absolute Gasteiger partial charge is 0.333 e. The maximum absolute atomic E-state index is 12.5. The van der Waals surface area contributed by atoms with Crippen molar-refractivity contribution in [2.45, 2.75) is 52.7 Å². The van der Waals surface area contributed by atoms with E-state index < -0.39 is 17.7 Å². The van der Waals surface area contributed by atoms with Crippen molar-refractivity contribution >= 4 is 16.9 Å². The highest BCUT2D eigenvalue weighted by Crippen LogP contribution is 2.43. The Morgan fingerprint density at radius 3 is 2.67 bits per heavy atom. The number of aryl methyl sites for hydroxylation is 1. The first-order chi connectivity index (χ1) is 12.7. The van der Waals surface area contributed by atoms with Crippen molar-refractivity contribution in [3.63, 3.8) is 0 Å². The molecule has 2 heterocycles. The Morgan fingerprint density at radius 1 is 1.33 bits per heavy atom. The van der Waals surface area contributed by atoms with Gasteiger partial charge in [-0.2, -0.15) is 0 Å². The fourth-order valence-corrected chi connectivity index (χ4v) is 3.24. The predicted octanol–water partition coefficient (Wildman–Crippen LogP) is 3.70. The van der Waals surface area contributed by atoms with E-state index in [1.54, 1.807) is 32.9 Å². The number of carbonyl (C=O) groups is 1. The maximum atomic E-state index is 12.5. The molecular formula is C21H24O6. The lowest BCUT2D eigenvalue weighted by Crippen LogP contribution is -2.49. The minimum absolute atomic E-state index is 0.184. The van der Waals surface area contributed by atoms with E-state index in [0.29, 0.717) is 45.8 Å². The van der Waals surface area contributed by atoms with Crippen molar-refractivity contribution in [2.24, 2.45) is 0 Å². The summed E-state index contributed by atoms with van der Waals surface area (Å²) in [5, 5.41) is 0.361. The van der Waals surface area contributed by atoms with Gasteiger partial charge in [-0.1, -0.05) is 6.08 Å². The SMILES string of the molecule is C/C=C(/C)C(=O)O[C@@H]1Cc2c(cc3oc(C)cc(=O)c3c2OC)OC1(C)C. The Labute approximate surface area is 157 Å². The standard InChI is InChI=1S/C21H24O6/c1-7-11(2)20(23)26-17-9-13-15(27-21(17,4)5)10-16-18(19(13)24-6)14(22)8-12(3)25-16/h7-8,10,17H,9H2,1-6H3/b11-7-/t17-/m1/s1. The Hall–Kier alpha value is -2.76. The summed E-state index contributed by atoms with van der Waals surface area (Å²) in [6, 6.07) is 3.14. The molecule has 0 amide bonds. The molecule has 1 aliphatic heterocycles. The Morgan fingerprint density at radius 2 is 2.04 bits per heavy atom. The maximum Gasteiger partial charge on any atom is 0.333 e. The van der Waals surface area contributed by atoms with Crippen LogP contribution < -0.4 is 14.9 Å². The van der Waals surface area contributed by atoms with Gasteiger partial charge in [-0.15, -0.1) is 0 Å². The zero-order chi connectivity index (χ0) is 19.9. The summed E-state index contributed by atoms with van der Waals surface area (Å²) in [6.45, 7) is 8.93. The molecule has 144 valence electrons. The topological polar surface area (TPSA) is 75.0 Å². The van der Waals surface area contributed by atoms with Crippen molar-refractivity contribution < 1.29 is 23.4 Å². The van der Waals surface area contributed by atoms with Crippen LogP contribution in [0.5, 0.6) is 11.5 Å². The lowest BCUT2D eigenvalue weighted by Gasteiger charge is -2.39. The van der Waals surface area contributed by atoms with Crippen molar-refractivity contribution in [1.82, 2.24) is 0 Å². The molecule has 0 aliphatic carbocycles. The number of hydrogen-bond donors (Lipinski definition) is 0. The second kappa shape index (κ2) is 6.76. The largest absolute Gasteiger partial charge is 0.495 e. The third-order valence-electron chi connectivity index (χ3n) is 4.91. The quantitative estimate of drug-likeness (QED) is 0.604. The van der Waals surface area contributed by atoms with Crippen LogP contribution in [-0.2, 0) is 16.0 Å². The highest BCUT2D eigenvalue weighted by Gasteiger charge is 2.42. The van der Waals surface area contributed by atoms with Crippen LogP contribution in [0.2, 0.25) is 0 Å². The molecule has 1 atom stereocenters. The molecule has 27 heavy (non-hydrogen) atoms. The van der Waals surface area contributed by atoms with Gasteiger partial charge in [0.25, 0.3) is 0 Å². The second-order valence-electron chi connectivity index (χ2n) is 7.26. The summed E-state index contributed by atoms with van der Waals surface area (Å²) in [5.74, 6) is 1.08. The predicted molar refractivity (Wildman–Crippen MR) is 101 cm³/mol. The first kappa shape index (κ1) is 19.0. The number of esters is 1. The Bertz CT molecular complexity index is 996. The van der Waals surface area contributed by atoms with Crippen LogP contribution in [0, 0.1) is 6.92 Å². The number of carbonyl (C=O) groups excluding carboxylic acids is 1. The van der Waals surface area contributed by atoms with Crippen molar-refractivity contribution in [3.05, 3.63) is 45.3 Å². The molecule has 0 bridgehead atoms. The third kappa shape index (κ3) is 3.31. The van der Waals surface area contributed by atoms with Crippen LogP contribution in [-0.4, -0.2) is 24.8 Å². The van der Waals surface area contributed by atoms with E-state index >= 15 is 0 Å². The lowest BCUT2D eigenvalue weighted by atomic mass is 9.89. The molecule has 2 aromatic rings. The molecule has 0 N–H and O–H groups in total. The molecule has 0 spiro atoms. The number of methoxy groups -OCH3 is 1. The van der Waals surface area contributed by atoms with E-state index in [-0.39, 0.29) is 5.43 Å². The van der Waals surface area contributed by atoms with E-state index in [4.69, 9.17) is 18.6 Å². The molecule has 0 fully saturated rings. The van der Waals surface area contributed by atoms with Crippen molar-refractivity contribution in [3.8, 4) is 11.5 Å². The summed E-state index contributed by atoms with van der Waals surface area (Å²) >= 11 is 0. The molecule has 1 aromatic heterocycles. The summed E-state index contributed by atoms with van der Waals surface area (Å²) in [4.78, 5) is 24.8. The summed E-state index contributed by atoms with van der Waals surface area (Å²) in [5.41, 5.74) is 0.692. The number of hydrogen-bond acceptors (Lipinski definition) is 6. The number of allylic oxidation sites excluding steroid dienone is 1. The van der Waals surface area contributed by atoms with Crippen LogP contribution in [0.3, 0.4) is 0 Å². The van der Waals surface area contributed by atoms with Gasteiger partial charge in [0.2, 0.25) is 0 Å². The number of fused-ring (bicyclic) bond motifs is 2. The average molecular weight is 372 g/mol. The van der Waals surface area contributed by atoms with E-state index in [9.17, 15) is 9.59 Å². The van der Waals surface area contributed by atoms with Gasteiger partial charge in [0.1, 0.15) is 39.9 Å². The van der Waals surface area contributed by atoms with Crippen LogP contribution in [0.25, 0.3) is 11.0 Å². The Kier molecular flexibility index (Phi) is 4.76. The molecule has 6 heteroatoms. The van der Waals surface area contributed by atoms with Crippen LogP contribution >= 0.6 is 0 Å². The van der Waals surface area contributed by atoms with Crippen molar-refractivity contribution in [2.75, 3.05) is 7.11 Å². The van der Waals surface area contributed by atoms with Crippen LogP contribution in [0.1, 0.15) is 39.0 Å². The minimum Gasteiger partial charge on any atom is -0.495 e. The van der Waals surface area contributed by atoms with E-state index in [1.165, 1.54) is 13.2 Å². The number of ether oxygens (including phenoxy) is 3. The van der Waals surface area contributed by atoms with E-state index in [0.717, 1.165) is 0 Å². The highest BCUT2D eigenvalue weighted by atomic mass is 16.6. The monoisotopic (exact) mass is 372 g/mol. The van der Waals surface area contributed by atoms with Gasteiger partial charge >= 0.3 is 5.97 Å². The molecule has 0 unspecified atom stereocenters. The molecule has 1 aliphatic rings. The van der Waals surface area contributed by atoms with Crippen LogP contribution in [0.4, 0.5) is 0 Å². The van der Waals surface area contributed by atoms with Gasteiger partial charge in [-0.25, -0.2) is 4.79 Å². The summed E-state index contributed by atoms with van der Waals surface area (Å²) < 4.78 is 23.1. The molecule has 1 aromatic carbocycles. The Balaban J connectivity index is 2.14. The lowest BCUT2D eigenvalue weighted by molar-refractivity contribution is -0.156. The zero-order valence-corrected chi connectivity index (χ0v) is 16.5. The summed E-state index contributed by atoms with van der Waals surface area (Å²) in [7, 11) is 1.50. The number of rotatable bonds is 3. The first-order valence-electron chi connectivity index (χ1n) is 8.85. The fourth-order valence-electron chi connectivity index (χ4n) is 3.24. The molecule has 0 saturated carbocycles. The van der Waals surface area contributed by atoms with Crippen molar-refractivity contribution in [1.29, 1.82) is 0 Å². The van der Waals surface area contributed by atoms with E-state index in [1.807, 2.05) is 13.8 Å². The first-order valence-corrected chi connectivity index (χ1v) is 8.85. The average Bonchev–Trinajstić information content (AvgIpc) is 2.59. The van der Waals surface area contributed by atoms with Gasteiger partial charge in [0.05, 0.1) is 7.11 Å². The third-order valence-corrected chi connectivity index (χ3v) is 4.91. The molecule has 0 saturated heterocycles. The molecule has 3 rings (SSSR count). The second-order valence-corrected chi connectivity index (χ2v) is 7.26. The molecule has 6 nitrogen and oxygen atoms in total. The van der Waals surface area contributed by atoms with Gasteiger partial charge in [-0.05, 0) is 34.6 Å². The summed E-state index contributed by atoms with van der Waals surface area (Å²) in [6.07, 6.45) is 1.54. The van der Waals surface area contributed by atoms with Gasteiger partial charge in [-0.3, -0.25) is 4.79 Å². The molecular weight excluding hydrogens is 348 g/mol. The zero-order valence-electron chi connectivity index (χ0n) is 16.5. The van der Waals surface area contributed by atoms with Crippen LogP contribution in [0.15, 0.2) is 33.0 Å². The van der Waals surface area contributed by atoms with Gasteiger partial charge < -0.3 is 18.6 Å². The minimum atomic E-state index is -0.751. The van der Waals surface area contributed by atoms with Gasteiger partial charge in [0.15, 0.2) is 5.43 Å². The normalized spacial score (nSPS) is 18.6. The number of benzene rings is 1. The van der Waals surface area contributed by atoms with E-state index in [2.05, 4.69) is 0 Å². The highest BCUT2D eigenvalue weighted by molar-refractivity contribution is 5.89. The van der Waals surface area contributed by atoms with Gasteiger partial charge in [0, 0.05) is 29.7 Å². The fraction of sp³-hybridized carbons (Fsp3) is 0.429.